The van der Waals surface area contributed by atoms with Crippen LogP contribution in [0.2, 0.25) is 0 Å². The lowest BCUT2D eigenvalue weighted by molar-refractivity contribution is -0.133. The van der Waals surface area contributed by atoms with Crippen LogP contribution in [-0.4, -0.2) is 60.9 Å². The summed E-state index contributed by atoms with van der Waals surface area (Å²) < 4.78 is 0. The van der Waals surface area contributed by atoms with Gasteiger partial charge >= 0.3 is 0 Å². The Morgan fingerprint density at radius 2 is 1.61 bits per heavy atom. The van der Waals surface area contributed by atoms with E-state index < -0.39 is 0 Å². The maximum atomic E-state index is 12.8. The largest absolute Gasteiger partial charge is 0.374 e. The Morgan fingerprint density at radius 1 is 0.964 bits per heavy atom. The Kier molecular flexibility index (Phi) is 6.66. The smallest absolute Gasteiger partial charge is 0.251 e. The lowest BCUT2D eigenvalue weighted by Gasteiger charge is -2.36. The molecule has 1 aliphatic heterocycles. The van der Waals surface area contributed by atoms with Crippen LogP contribution in [0.4, 0.5) is 5.69 Å². The summed E-state index contributed by atoms with van der Waals surface area (Å²) in [7, 11) is 1.61. The normalized spacial score (nSPS) is 15.7. The second-order valence-electron chi connectivity index (χ2n) is 7.11. The average molecular weight is 380 g/mol. The van der Waals surface area contributed by atoms with Gasteiger partial charge in [-0.25, -0.2) is 0 Å². The number of benzene rings is 2. The first-order valence-electron chi connectivity index (χ1n) is 9.70. The van der Waals surface area contributed by atoms with Crippen LogP contribution < -0.4 is 10.6 Å². The Hall–Kier alpha value is -2.86. The molecule has 2 aromatic rings. The zero-order valence-electron chi connectivity index (χ0n) is 16.5. The molecule has 1 fully saturated rings. The Labute approximate surface area is 166 Å². The molecular formula is C22H28N4O2. The van der Waals surface area contributed by atoms with Gasteiger partial charge in [0.05, 0.1) is 0 Å². The molecular weight excluding hydrogens is 352 g/mol. The van der Waals surface area contributed by atoms with Crippen LogP contribution in [0.5, 0.6) is 0 Å². The van der Waals surface area contributed by atoms with Crippen LogP contribution in [0, 0.1) is 0 Å². The molecule has 1 heterocycles. The third kappa shape index (κ3) is 5.10. The molecule has 28 heavy (non-hydrogen) atoms. The summed E-state index contributed by atoms with van der Waals surface area (Å²) in [6.45, 7) is 6.06. The lowest BCUT2D eigenvalue weighted by atomic mass is 10.1. The highest BCUT2D eigenvalue weighted by Gasteiger charge is 2.24. The van der Waals surface area contributed by atoms with Crippen molar-refractivity contribution in [3.05, 3.63) is 65.7 Å². The van der Waals surface area contributed by atoms with E-state index in [4.69, 9.17) is 0 Å². The van der Waals surface area contributed by atoms with Gasteiger partial charge in [0.25, 0.3) is 5.91 Å². The SMILES string of the molecule is CNC(=O)c1ccc(N[C@@H](C)C(=O)N2CCN(Cc3ccccc3)CC2)cc1. The van der Waals surface area contributed by atoms with Gasteiger partial charge in [0.2, 0.25) is 5.91 Å². The van der Waals surface area contributed by atoms with E-state index in [-0.39, 0.29) is 17.9 Å². The third-order valence-electron chi connectivity index (χ3n) is 5.06. The summed E-state index contributed by atoms with van der Waals surface area (Å²) in [6, 6.07) is 17.3. The van der Waals surface area contributed by atoms with E-state index in [0.29, 0.717) is 5.56 Å². The van der Waals surface area contributed by atoms with Crippen LogP contribution in [0.1, 0.15) is 22.8 Å². The van der Waals surface area contributed by atoms with Gasteiger partial charge in [-0.05, 0) is 36.8 Å². The summed E-state index contributed by atoms with van der Waals surface area (Å²) in [5.74, 6) is -0.0150. The highest BCUT2D eigenvalue weighted by atomic mass is 16.2. The van der Waals surface area contributed by atoms with Gasteiger partial charge in [0.15, 0.2) is 0 Å². The second kappa shape index (κ2) is 9.37. The average Bonchev–Trinajstić information content (AvgIpc) is 2.74. The molecule has 1 atom stereocenters. The first kappa shape index (κ1) is 19.9. The molecule has 2 N–H and O–H groups in total. The molecule has 0 bridgehead atoms. The van der Waals surface area contributed by atoms with Gasteiger partial charge in [-0.3, -0.25) is 14.5 Å². The molecule has 0 unspecified atom stereocenters. The molecule has 0 saturated carbocycles. The van der Waals surface area contributed by atoms with Crippen molar-refractivity contribution < 1.29 is 9.59 Å². The van der Waals surface area contributed by atoms with Gasteiger partial charge in [0.1, 0.15) is 6.04 Å². The van der Waals surface area contributed by atoms with Crippen molar-refractivity contribution in [2.45, 2.75) is 19.5 Å². The van der Waals surface area contributed by atoms with Crippen molar-refractivity contribution in [2.24, 2.45) is 0 Å². The van der Waals surface area contributed by atoms with Gasteiger partial charge in [0, 0.05) is 51.0 Å². The van der Waals surface area contributed by atoms with E-state index >= 15 is 0 Å². The minimum absolute atomic E-state index is 0.106. The van der Waals surface area contributed by atoms with Gasteiger partial charge in [-0.2, -0.15) is 0 Å². The number of nitrogens with zero attached hydrogens (tertiary/aromatic N) is 2. The molecule has 0 aromatic heterocycles. The molecule has 1 saturated heterocycles. The lowest BCUT2D eigenvalue weighted by Crippen LogP contribution is -2.51. The minimum Gasteiger partial charge on any atom is -0.374 e. The number of hydrogen-bond acceptors (Lipinski definition) is 4. The molecule has 2 aromatic carbocycles. The Balaban J connectivity index is 1.48. The van der Waals surface area contributed by atoms with Crippen LogP contribution in [0.25, 0.3) is 0 Å². The van der Waals surface area contributed by atoms with E-state index in [1.54, 1.807) is 19.2 Å². The summed E-state index contributed by atoms with van der Waals surface area (Å²) in [5, 5.41) is 5.83. The first-order chi connectivity index (χ1) is 13.6. The summed E-state index contributed by atoms with van der Waals surface area (Å²) in [6.07, 6.45) is 0. The van der Waals surface area contributed by atoms with E-state index in [2.05, 4.69) is 39.8 Å². The van der Waals surface area contributed by atoms with Crippen molar-refractivity contribution in [1.82, 2.24) is 15.1 Å². The van der Waals surface area contributed by atoms with Crippen molar-refractivity contribution in [3.63, 3.8) is 0 Å². The molecule has 6 nitrogen and oxygen atoms in total. The minimum atomic E-state index is -0.313. The van der Waals surface area contributed by atoms with Crippen molar-refractivity contribution in [3.8, 4) is 0 Å². The molecule has 0 aliphatic carbocycles. The maximum absolute atomic E-state index is 12.8. The quantitative estimate of drug-likeness (QED) is 0.806. The van der Waals surface area contributed by atoms with Crippen molar-refractivity contribution in [2.75, 3.05) is 38.5 Å². The van der Waals surface area contributed by atoms with E-state index in [1.807, 2.05) is 30.0 Å². The van der Waals surface area contributed by atoms with E-state index in [9.17, 15) is 9.59 Å². The Morgan fingerprint density at radius 3 is 2.21 bits per heavy atom. The van der Waals surface area contributed by atoms with Gasteiger partial charge in [-0.15, -0.1) is 0 Å². The monoisotopic (exact) mass is 380 g/mol. The van der Waals surface area contributed by atoms with Gasteiger partial charge < -0.3 is 15.5 Å². The fraction of sp³-hybridized carbons (Fsp3) is 0.364. The molecule has 1 aliphatic rings. The molecule has 6 heteroatoms. The number of piperazine rings is 1. The van der Waals surface area contributed by atoms with E-state index in [0.717, 1.165) is 38.4 Å². The summed E-state index contributed by atoms with van der Waals surface area (Å²) >= 11 is 0. The predicted molar refractivity (Wildman–Crippen MR) is 111 cm³/mol. The third-order valence-corrected chi connectivity index (χ3v) is 5.06. The predicted octanol–water partition coefficient (Wildman–Crippen LogP) is 2.19. The maximum Gasteiger partial charge on any atom is 0.251 e. The zero-order chi connectivity index (χ0) is 19.9. The molecule has 3 rings (SSSR count). The standard InChI is InChI=1S/C22H28N4O2/c1-17(24-20-10-8-19(9-11-20)21(27)23-2)22(28)26-14-12-25(13-15-26)16-18-6-4-3-5-7-18/h3-11,17,24H,12-16H2,1-2H3,(H,23,27)/t17-/m0/s1. The number of anilines is 1. The van der Waals surface area contributed by atoms with Crippen LogP contribution in [0.15, 0.2) is 54.6 Å². The summed E-state index contributed by atoms with van der Waals surface area (Å²) in [4.78, 5) is 28.7. The number of hydrogen-bond donors (Lipinski definition) is 2. The fourth-order valence-electron chi connectivity index (χ4n) is 3.42. The number of carbonyl (C=O) groups is 2. The molecule has 0 spiro atoms. The highest BCUT2D eigenvalue weighted by molar-refractivity contribution is 5.94. The van der Waals surface area contributed by atoms with Crippen molar-refractivity contribution >= 4 is 17.5 Å². The molecule has 0 radical (unpaired) electrons. The molecule has 148 valence electrons. The zero-order valence-corrected chi connectivity index (χ0v) is 16.5. The Bertz CT molecular complexity index is 784. The van der Waals surface area contributed by atoms with Crippen LogP contribution in [-0.2, 0) is 11.3 Å². The first-order valence-corrected chi connectivity index (χ1v) is 9.70. The highest BCUT2D eigenvalue weighted by Crippen LogP contribution is 2.14. The fourth-order valence-corrected chi connectivity index (χ4v) is 3.42. The number of rotatable bonds is 6. The van der Waals surface area contributed by atoms with Crippen molar-refractivity contribution in [1.29, 1.82) is 0 Å². The summed E-state index contributed by atoms with van der Waals surface area (Å²) in [5.41, 5.74) is 2.73. The van der Waals surface area contributed by atoms with E-state index in [1.165, 1.54) is 5.56 Å². The van der Waals surface area contributed by atoms with Crippen LogP contribution in [0.3, 0.4) is 0 Å². The topological polar surface area (TPSA) is 64.7 Å². The number of amides is 2. The van der Waals surface area contributed by atoms with Crippen LogP contribution >= 0.6 is 0 Å². The van der Waals surface area contributed by atoms with Gasteiger partial charge in [-0.1, -0.05) is 30.3 Å². The number of nitrogens with one attached hydrogen (secondary N) is 2. The molecule has 2 amide bonds. The second-order valence-corrected chi connectivity index (χ2v) is 7.11. The number of carbonyl (C=O) groups excluding carboxylic acids is 2.